The van der Waals surface area contributed by atoms with Gasteiger partial charge in [-0.25, -0.2) is 9.69 Å². The van der Waals surface area contributed by atoms with Crippen LogP contribution >= 0.6 is 11.6 Å². The third-order valence-corrected chi connectivity index (χ3v) is 5.29. The largest absolute Gasteiger partial charge is 0.454 e. The maximum Gasteiger partial charge on any atom is 0.338 e. The Hall–Kier alpha value is -4.37. The van der Waals surface area contributed by atoms with Crippen LogP contribution in [0.5, 0.6) is 0 Å². The molecule has 0 spiro atoms. The number of esters is 1. The number of nitro groups is 1. The van der Waals surface area contributed by atoms with E-state index < -0.39 is 40.8 Å². The zero-order chi connectivity index (χ0) is 23.7. The van der Waals surface area contributed by atoms with E-state index >= 15 is 0 Å². The molecule has 0 bridgehead atoms. The number of anilines is 1. The van der Waals surface area contributed by atoms with E-state index in [2.05, 4.69) is 0 Å². The Bertz CT molecular complexity index is 1330. The molecule has 0 saturated heterocycles. The van der Waals surface area contributed by atoms with Gasteiger partial charge in [0.05, 0.1) is 26.8 Å². The number of imide groups is 1. The van der Waals surface area contributed by atoms with Crippen LogP contribution in [-0.4, -0.2) is 35.1 Å². The molecule has 0 atom stereocenters. The van der Waals surface area contributed by atoms with E-state index in [9.17, 15) is 29.3 Å². The number of nitro benzene ring substituents is 1. The number of carbonyl (C=O) groups excluding carboxylic acids is 4. The molecule has 0 aromatic heterocycles. The second-order valence-electron chi connectivity index (χ2n) is 6.93. The molecule has 10 heteroatoms. The van der Waals surface area contributed by atoms with Crippen molar-refractivity contribution in [2.45, 2.75) is 0 Å². The van der Waals surface area contributed by atoms with Gasteiger partial charge >= 0.3 is 5.97 Å². The average Bonchev–Trinajstić information content (AvgIpc) is 3.07. The molecule has 0 aliphatic carbocycles. The van der Waals surface area contributed by atoms with E-state index in [0.717, 1.165) is 11.0 Å². The second-order valence-corrected chi connectivity index (χ2v) is 7.34. The molecule has 0 saturated carbocycles. The summed E-state index contributed by atoms with van der Waals surface area (Å²) in [5.41, 5.74) is -0.393. The summed E-state index contributed by atoms with van der Waals surface area (Å²) >= 11 is 5.96. The van der Waals surface area contributed by atoms with E-state index in [0.29, 0.717) is 0 Å². The third-order valence-electron chi connectivity index (χ3n) is 4.96. The molecule has 1 aliphatic heterocycles. The predicted molar refractivity (Wildman–Crippen MR) is 117 cm³/mol. The number of ketones is 1. The normalized spacial score (nSPS) is 12.5. The monoisotopic (exact) mass is 464 g/mol. The van der Waals surface area contributed by atoms with Gasteiger partial charge in [-0.3, -0.25) is 24.5 Å². The Balaban J connectivity index is 1.49. The van der Waals surface area contributed by atoms with Gasteiger partial charge in [-0.15, -0.1) is 0 Å². The Morgan fingerprint density at radius 3 is 2.30 bits per heavy atom. The first-order valence-corrected chi connectivity index (χ1v) is 9.88. The lowest BCUT2D eigenvalue weighted by Crippen LogP contribution is -2.29. The smallest absolute Gasteiger partial charge is 0.338 e. The highest BCUT2D eigenvalue weighted by molar-refractivity contribution is 6.35. The first kappa shape index (κ1) is 21.8. The molecule has 1 aliphatic rings. The minimum absolute atomic E-state index is 0.0734. The Morgan fingerprint density at radius 2 is 1.64 bits per heavy atom. The fourth-order valence-electron chi connectivity index (χ4n) is 3.38. The minimum atomic E-state index is -0.831. The maximum absolute atomic E-state index is 12.8. The molecule has 0 N–H and O–H groups in total. The summed E-state index contributed by atoms with van der Waals surface area (Å²) in [4.78, 5) is 61.2. The van der Waals surface area contributed by atoms with Gasteiger partial charge in [-0.1, -0.05) is 29.8 Å². The molecule has 1 heterocycles. The number of amides is 2. The number of fused-ring (bicyclic) bond motifs is 1. The highest BCUT2D eigenvalue weighted by Gasteiger charge is 2.41. The van der Waals surface area contributed by atoms with Gasteiger partial charge in [0.2, 0.25) is 5.78 Å². The molecule has 3 aromatic carbocycles. The van der Waals surface area contributed by atoms with Gasteiger partial charge in [0.1, 0.15) is 5.56 Å². The first-order chi connectivity index (χ1) is 15.8. The summed E-state index contributed by atoms with van der Waals surface area (Å²) in [6.07, 6.45) is 0. The lowest BCUT2D eigenvalue weighted by atomic mass is 10.1. The number of benzene rings is 3. The molecule has 4 rings (SSSR count). The fourth-order valence-corrected chi connectivity index (χ4v) is 3.62. The predicted octanol–water partition coefficient (Wildman–Crippen LogP) is 4.09. The van der Waals surface area contributed by atoms with Crippen LogP contribution in [0.15, 0.2) is 66.7 Å². The number of nitrogens with zero attached hydrogens (tertiary/aromatic N) is 2. The molecule has 0 radical (unpaired) electrons. The quantitative estimate of drug-likeness (QED) is 0.177. The lowest BCUT2D eigenvalue weighted by molar-refractivity contribution is -0.385. The van der Waals surface area contributed by atoms with Crippen LogP contribution in [-0.2, 0) is 4.74 Å². The first-order valence-electron chi connectivity index (χ1n) is 9.50. The van der Waals surface area contributed by atoms with Crippen molar-refractivity contribution in [3.8, 4) is 0 Å². The Labute approximate surface area is 191 Å². The van der Waals surface area contributed by atoms with Gasteiger partial charge in [-0.2, -0.15) is 0 Å². The lowest BCUT2D eigenvalue weighted by Gasteiger charge is -2.14. The summed E-state index contributed by atoms with van der Waals surface area (Å²) in [6.45, 7) is -0.521. The van der Waals surface area contributed by atoms with E-state index in [1.165, 1.54) is 42.5 Å². The minimum Gasteiger partial charge on any atom is -0.454 e. The van der Waals surface area contributed by atoms with Crippen molar-refractivity contribution in [1.82, 2.24) is 0 Å². The van der Waals surface area contributed by atoms with Gasteiger partial charge in [0.25, 0.3) is 17.5 Å². The number of halogens is 1. The SMILES string of the molecule is O=C(OCC(=O)c1ccccc1Cl)c1ccc(N2C(=O)c3cccc([N+](=O)[O-])c3C2=O)cc1. The number of hydrogen-bond donors (Lipinski definition) is 0. The zero-order valence-corrected chi connectivity index (χ0v) is 17.4. The molecular formula is C23H13ClN2O7. The Kier molecular flexibility index (Phi) is 5.72. The van der Waals surface area contributed by atoms with Crippen molar-refractivity contribution in [2.24, 2.45) is 0 Å². The molecule has 33 heavy (non-hydrogen) atoms. The van der Waals surface area contributed by atoms with Crippen LogP contribution in [0.3, 0.4) is 0 Å². The van der Waals surface area contributed by atoms with Gasteiger partial charge in [0.15, 0.2) is 6.61 Å². The van der Waals surface area contributed by atoms with Crippen LogP contribution in [0.2, 0.25) is 5.02 Å². The fraction of sp³-hybridized carbons (Fsp3) is 0.0435. The van der Waals surface area contributed by atoms with E-state index in [4.69, 9.17) is 16.3 Å². The topological polar surface area (TPSA) is 124 Å². The van der Waals surface area contributed by atoms with Crippen molar-refractivity contribution in [3.05, 3.63) is 104 Å². The number of carbonyl (C=O) groups is 4. The number of Topliss-reactive ketones (excluding diaryl/α,β-unsaturated/α-hetero) is 1. The van der Waals surface area contributed by atoms with Crippen LogP contribution < -0.4 is 4.90 Å². The summed E-state index contributed by atoms with van der Waals surface area (Å²) < 4.78 is 5.03. The summed E-state index contributed by atoms with van der Waals surface area (Å²) in [5, 5.41) is 11.5. The van der Waals surface area contributed by atoms with Crippen molar-refractivity contribution in [1.29, 1.82) is 0 Å². The third kappa shape index (κ3) is 3.97. The van der Waals surface area contributed by atoms with Crippen molar-refractivity contribution < 1.29 is 28.8 Å². The van der Waals surface area contributed by atoms with Gasteiger partial charge < -0.3 is 4.74 Å². The number of hydrogen-bond acceptors (Lipinski definition) is 7. The molecule has 164 valence electrons. The molecular weight excluding hydrogens is 452 g/mol. The summed E-state index contributed by atoms with van der Waals surface area (Å²) in [5.74, 6) is -2.81. The standard InChI is InChI=1S/C23H13ClN2O7/c24-17-6-2-1-4-15(17)19(27)12-33-23(30)13-8-10-14(11-9-13)25-21(28)16-5-3-7-18(26(31)32)20(16)22(25)29/h1-11H,12H2. The van der Waals surface area contributed by atoms with E-state index in [1.807, 2.05) is 0 Å². The highest BCUT2D eigenvalue weighted by atomic mass is 35.5. The Morgan fingerprint density at radius 1 is 0.939 bits per heavy atom. The van der Waals surface area contributed by atoms with Crippen molar-refractivity contribution in [3.63, 3.8) is 0 Å². The molecule has 2 amide bonds. The van der Waals surface area contributed by atoms with E-state index in [1.54, 1.807) is 18.2 Å². The molecule has 9 nitrogen and oxygen atoms in total. The van der Waals surface area contributed by atoms with Crippen LogP contribution in [0.1, 0.15) is 41.4 Å². The van der Waals surface area contributed by atoms with Gasteiger partial charge in [-0.05, 0) is 42.5 Å². The van der Waals surface area contributed by atoms with Crippen LogP contribution in [0.4, 0.5) is 11.4 Å². The molecule has 0 unspecified atom stereocenters. The van der Waals surface area contributed by atoms with Crippen molar-refractivity contribution >= 4 is 46.5 Å². The maximum atomic E-state index is 12.8. The summed E-state index contributed by atoms with van der Waals surface area (Å²) in [6, 6.07) is 15.5. The summed E-state index contributed by atoms with van der Waals surface area (Å²) in [7, 11) is 0. The number of ether oxygens (including phenoxy) is 1. The van der Waals surface area contributed by atoms with Crippen LogP contribution in [0, 0.1) is 10.1 Å². The average molecular weight is 465 g/mol. The molecule has 0 fully saturated rings. The van der Waals surface area contributed by atoms with Gasteiger partial charge in [0, 0.05) is 11.6 Å². The second kappa shape index (κ2) is 8.64. The van der Waals surface area contributed by atoms with Crippen LogP contribution in [0.25, 0.3) is 0 Å². The highest BCUT2D eigenvalue weighted by Crippen LogP contribution is 2.33. The number of rotatable bonds is 6. The molecule has 3 aromatic rings. The zero-order valence-electron chi connectivity index (χ0n) is 16.7. The van der Waals surface area contributed by atoms with Crippen molar-refractivity contribution in [2.75, 3.05) is 11.5 Å². The van der Waals surface area contributed by atoms with E-state index in [-0.39, 0.29) is 33.0 Å².